The number of carbonyl (C=O) groups excluding carboxylic acids is 1. The second-order valence-corrected chi connectivity index (χ2v) is 7.56. The number of anilines is 4. The molecule has 1 aliphatic heterocycles. The Morgan fingerprint density at radius 3 is 2.44 bits per heavy atom. The molecule has 4 rings (SSSR count). The Labute approximate surface area is 187 Å². The third-order valence-electron chi connectivity index (χ3n) is 5.01. The Hall–Kier alpha value is -3.65. The molecule has 1 atom stereocenters. The molecule has 166 valence electrons. The van der Waals surface area contributed by atoms with Gasteiger partial charge in [0.15, 0.2) is 6.10 Å². The minimum absolute atomic E-state index is 0.216. The van der Waals surface area contributed by atoms with Crippen LogP contribution >= 0.6 is 0 Å². The number of aromatic nitrogens is 2. The highest BCUT2D eigenvalue weighted by atomic mass is 16.5. The zero-order valence-electron chi connectivity index (χ0n) is 18.2. The number of hydrogen-bond acceptors (Lipinski definition) is 7. The smallest absolute Gasteiger partial charge is 0.265 e. The Morgan fingerprint density at radius 2 is 1.72 bits per heavy atom. The number of amides is 1. The molecule has 0 aliphatic carbocycles. The number of aryl methyl sites for hydroxylation is 1. The van der Waals surface area contributed by atoms with Crippen molar-refractivity contribution in [1.82, 2.24) is 9.97 Å². The summed E-state index contributed by atoms with van der Waals surface area (Å²) in [6.07, 6.45) is -0.616. The maximum absolute atomic E-state index is 12.4. The molecule has 8 heteroatoms. The van der Waals surface area contributed by atoms with Crippen molar-refractivity contribution in [2.75, 3.05) is 41.8 Å². The van der Waals surface area contributed by atoms with Crippen LogP contribution in [-0.4, -0.2) is 48.3 Å². The lowest BCUT2D eigenvalue weighted by Gasteiger charge is -2.28. The van der Waals surface area contributed by atoms with Gasteiger partial charge in [0.2, 0.25) is 5.95 Å². The third kappa shape index (κ3) is 5.73. The number of carbonyl (C=O) groups is 1. The van der Waals surface area contributed by atoms with Crippen LogP contribution in [0.1, 0.15) is 12.6 Å². The quantitative estimate of drug-likeness (QED) is 0.586. The summed E-state index contributed by atoms with van der Waals surface area (Å²) in [5, 5.41) is 6.12. The summed E-state index contributed by atoms with van der Waals surface area (Å²) in [6, 6.07) is 18.7. The van der Waals surface area contributed by atoms with E-state index in [1.807, 2.05) is 67.6 Å². The second kappa shape index (κ2) is 10.1. The molecule has 1 amide bonds. The van der Waals surface area contributed by atoms with E-state index in [9.17, 15) is 4.79 Å². The highest BCUT2D eigenvalue weighted by Gasteiger charge is 2.16. The summed E-state index contributed by atoms with van der Waals surface area (Å²) in [5.74, 6) is 1.86. The number of benzene rings is 2. The van der Waals surface area contributed by atoms with Crippen molar-refractivity contribution in [3.63, 3.8) is 0 Å². The number of rotatable bonds is 7. The first-order valence-corrected chi connectivity index (χ1v) is 10.6. The van der Waals surface area contributed by atoms with Crippen molar-refractivity contribution in [2.45, 2.75) is 20.0 Å². The first-order chi connectivity index (χ1) is 15.6. The van der Waals surface area contributed by atoms with Gasteiger partial charge in [0.05, 0.1) is 13.2 Å². The zero-order valence-corrected chi connectivity index (χ0v) is 18.2. The molecule has 0 saturated carbocycles. The Kier molecular flexibility index (Phi) is 6.81. The molecule has 2 N–H and O–H groups in total. The Balaban J connectivity index is 1.36. The highest BCUT2D eigenvalue weighted by molar-refractivity contribution is 5.94. The number of morpholine rings is 1. The predicted molar refractivity (Wildman–Crippen MR) is 125 cm³/mol. The average molecular weight is 434 g/mol. The van der Waals surface area contributed by atoms with Crippen LogP contribution in [0.25, 0.3) is 0 Å². The first-order valence-electron chi connectivity index (χ1n) is 10.6. The van der Waals surface area contributed by atoms with Gasteiger partial charge < -0.3 is 25.0 Å². The Morgan fingerprint density at radius 1 is 1.03 bits per heavy atom. The summed E-state index contributed by atoms with van der Waals surface area (Å²) in [7, 11) is 0. The van der Waals surface area contributed by atoms with Gasteiger partial charge in [-0.1, -0.05) is 18.2 Å². The van der Waals surface area contributed by atoms with Crippen LogP contribution in [0, 0.1) is 6.92 Å². The normalized spacial score (nSPS) is 14.5. The van der Waals surface area contributed by atoms with Crippen molar-refractivity contribution >= 4 is 29.0 Å². The second-order valence-electron chi connectivity index (χ2n) is 7.56. The highest BCUT2D eigenvalue weighted by Crippen LogP contribution is 2.21. The maximum atomic E-state index is 12.4. The lowest BCUT2D eigenvalue weighted by atomic mass is 10.2. The minimum Gasteiger partial charge on any atom is -0.481 e. The van der Waals surface area contributed by atoms with Crippen molar-refractivity contribution in [3.8, 4) is 5.75 Å². The molecule has 1 saturated heterocycles. The van der Waals surface area contributed by atoms with Crippen molar-refractivity contribution in [1.29, 1.82) is 0 Å². The molecule has 2 heterocycles. The van der Waals surface area contributed by atoms with Crippen LogP contribution in [0.3, 0.4) is 0 Å². The number of nitrogens with zero attached hydrogens (tertiary/aromatic N) is 3. The maximum Gasteiger partial charge on any atom is 0.265 e. The summed E-state index contributed by atoms with van der Waals surface area (Å²) in [5.41, 5.74) is 2.40. The van der Waals surface area contributed by atoms with Crippen LogP contribution in [0.15, 0.2) is 60.7 Å². The van der Waals surface area contributed by atoms with E-state index in [1.54, 1.807) is 6.92 Å². The van der Waals surface area contributed by atoms with E-state index in [4.69, 9.17) is 9.47 Å². The summed E-state index contributed by atoms with van der Waals surface area (Å²) >= 11 is 0. The van der Waals surface area contributed by atoms with Gasteiger partial charge in [-0.2, -0.15) is 4.98 Å². The molecule has 1 aliphatic rings. The van der Waals surface area contributed by atoms with Crippen LogP contribution in [0.2, 0.25) is 0 Å². The van der Waals surface area contributed by atoms with E-state index < -0.39 is 6.10 Å². The van der Waals surface area contributed by atoms with Crippen LogP contribution in [0.5, 0.6) is 5.75 Å². The minimum atomic E-state index is -0.616. The fourth-order valence-corrected chi connectivity index (χ4v) is 3.33. The van der Waals surface area contributed by atoms with E-state index >= 15 is 0 Å². The van der Waals surface area contributed by atoms with Crippen LogP contribution in [-0.2, 0) is 9.53 Å². The average Bonchev–Trinajstić information content (AvgIpc) is 2.81. The molecule has 1 fully saturated rings. The fourth-order valence-electron chi connectivity index (χ4n) is 3.33. The third-order valence-corrected chi connectivity index (χ3v) is 5.01. The molecule has 1 unspecified atom stereocenters. The molecular weight excluding hydrogens is 406 g/mol. The number of hydrogen-bond donors (Lipinski definition) is 2. The Bertz CT molecular complexity index is 1040. The standard InChI is InChI=1S/C24H27N5O3/c1-17-16-22(29-12-14-31-15-13-29)28-24(25-17)27-20-10-8-19(9-11-20)26-23(30)18(2)32-21-6-4-3-5-7-21/h3-11,16,18H,12-15H2,1-2H3,(H,26,30)(H,25,27,28). The summed E-state index contributed by atoms with van der Waals surface area (Å²) in [6.45, 7) is 6.71. The molecule has 2 aromatic carbocycles. The number of nitrogens with one attached hydrogen (secondary N) is 2. The predicted octanol–water partition coefficient (Wildman–Crippen LogP) is 3.77. The molecular formula is C24H27N5O3. The zero-order chi connectivity index (χ0) is 22.3. The van der Waals surface area contributed by atoms with Crippen molar-refractivity contribution in [3.05, 3.63) is 66.4 Å². The van der Waals surface area contributed by atoms with Gasteiger partial charge in [0.1, 0.15) is 11.6 Å². The molecule has 0 bridgehead atoms. The van der Waals surface area contributed by atoms with E-state index in [1.165, 1.54) is 0 Å². The van der Waals surface area contributed by atoms with Gasteiger partial charge in [-0.3, -0.25) is 4.79 Å². The number of para-hydroxylation sites is 1. The number of ether oxygens (including phenoxy) is 2. The largest absolute Gasteiger partial charge is 0.481 e. The van der Waals surface area contributed by atoms with Gasteiger partial charge in [-0.15, -0.1) is 0 Å². The first kappa shape index (κ1) is 21.6. The van der Waals surface area contributed by atoms with E-state index in [0.717, 1.165) is 30.3 Å². The summed E-state index contributed by atoms with van der Waals surface area (Å²) in [4.78, 5) is 23.8. The lowest BCUT2D eigenvalue weighted by molar-refractivity contribution is -0.122. The van der Waals surface area contributed by atoms with Gasteiger partial charge in [0, 0.05) is 36.2 Å². The molecule has 3 aromatic rings. The lowest BCUT2D eigenvalue weighted by Crippen LogP contribution is -2.36. The van der Waals surface area contributed by atoms with E-state index in [0.29, 0.717) is 30.6 Å². The molecule has 0 radical (unpaired) electrons. The molecule has 0 spiro atoms. The van der Waals surface area contributed by atoms with Crippen molar-refractivity contribution in [2.24, 2.45) is 0 Å². The van der Waals surface area contributed by atoms with Gasteiger partial charge >= 0.3 is 0 Å². The van der Waals surface area contributed by atoms with E-state index in [-0.39, 0.29) is 5.91 Å². The van der Waals surface area contributed by atoms with Crippen molar-refractivity contribution < 1.29 is 14.3 Å². The molecule has 32 heavy (non-hydrogen) atoms. The van der Waals surface area contributed by atoms with Gasteiger partial charge in [0.25, 0.3) is 5.91 Å². The molecule has 8 nitrogen and oxygen atoms in total. The van der Waals surface area contributed by atoms with Gasteiger partial charge in [-0.05, 0) is 50.2 Å². The van der Waals surface area contributed by atoms with Crippen LogP contribution in [0.4, 0.5) is 23.1 Å². The topological polar surface area (TPSA) is 88.6 Å². The van der Waals surface area contributed by atoms with E-state index in [2.05, 4.69) is 25.5 Å². The fraction of sp³-hybridized carbons (Fsp3) is 0.292. The van der Waals surface area contributed by atoms with Gasteiger partial charge in [-0.25, -0.2) is 4.98 Å². The SMILES string of the molecule is Cc1cc(N2CCOCC2)nc(Nc2ccc(NC(=O)C(C)Oc3ccccc3)cc2)n1. The molecule has 1 aromatic heterocycles. The monoisotopic (exact) mass is 433 g/mol. The summed E-state index contributed by atoms with van der Waals surface area (Å²) < 4.78 is 11.1. The van der Waals surface area contributed by atoms with Crippen LogP contribution < -0.4 is 20.3 Å².